The van der Waals surface area contributed by atoms with Gasteiger partial charge in [-0.25, -0.2) is 0 Å². The molecule has 1 nitrogen and oxygen atoms in total. The van der Waals surface area contributed by atoms with Gasteiger partial charge in [0.2, 0.25) is 0 Å². The molecule has 0 aromatic rings. The molecule has 1 fully saturated rings. The smallest absolute Gasteiger partial charge is 0.0201 e. The lowest BCUT2D eigenvalue weighted by Gasteiger charge is -2.30. The molecule has 72 valence electrons. The Morgan fingerprint density at radius 2 is 2.25 bits per heavy atom. The summed E-state index contributed by atoms with van der Waals surface area (Å²) >= 11 is 2.09. The lowest BCUT2D eigenvalue weighted by atomic mass is 9.94. The summed E-state index contributed by atoms with van der Waals surface area (Å²) in [6.45, 7) is 4.51. The fourth-order valence-electron chi connectivity index (χ4n) is 1.71. The molecule has 0 aliphatic carbocycles. The largest absolute Gasteiger partial charge is 0.326 e. The van der Waals surface area contributed by atoms with Gasteiger partial charge < -0.3 is 5.73 Å². The van der Waals surface area contributed by atoms with Gasteiger partial charge in [0.25, 0.3) is 0 Å². The molecule has 3 atom stereocenters. The first-order chi connectivity index (χ1) is 5.75. The number of rotatable bonds is 3. The Hall–Kier alpha value is 0.310. The van der Waals surface area contributed by atoms with Crippen LogP contribution in [0.2, 0.25) is 0 Å². The highest BCUT2D eigenvalue weighted by atomic mass is 32.2. The molecule has 0 bridgehead atoms. The Kier molecular flexibility index (Phi) is 4.44. The second-order valence-electron chi connectivity index (χ2n) is 3.87. The van der Waals surface area contributed by atoms with Crippen molar-refractivity contribution >= 4 is 11.8 Å². The molecule has 1 heterocycles. The van der Waals surface area contributed by atoms with Gasteiger partial charge in [0.15, 0.2) is 0 Å². The van der Waals surface area contributed by atoms with E-state index < -0.39 is 0 Å². The van der Waals surface area contributed by atoms with Crippen molar-refractivity contribution < 1.29 is 0 Å². The maximum absolute atomic E-state index is 6.18. The van der Waals surface area contributed by atoms with Crippen LogP contribution in [0.5, 0.6) is 0 Å². The molecule has 2 N–H and O–H groups in total. The first-order valence-electron chi connectivity index (χ1n) is 5.13. The van der Waals surface area contributed by atoms with Crippen LogP contribution in [0.4, 0.5) is 0 Å². The number of hydrogen-bond acceptors (Lipinski definition) is 2. The van der Waals surface area contributed by atoms with Crippen LogP contribution in [-0.4, -0.2) is 17.0 Å². The van der Waals surface area contributed by atoms with Crippen LogP contribution in [0, 0.1) is 5.92 Å². The summed E-state index contributed by atoms with van der Waals surface area (Å²) in [5.74, 6) is 2.02. The SMILES string of the molecule is CCC(C)C(N)C1CCCCS1. The van der Waals surface area contributed by atoms with E-state index in [0.29, 0.717) is 12.0 Å². The maximum Gasteiger partial charge on any atom is 0.0201 e. The number of hydrogen-bond donors (Lipinski definition) is 1. The molecule has 1 aliphatic rings. The highest BCUT2D eigenvalue weighted by Gasteiger charge is 2.24. The zero-order chi connectivity index (χ0) is 8.97. The van der Waals surface area contributed by atoms with Crippen molar-refractivity contribution in [2.45, 2.75) is 50.8 Å². The van der Waals surface area contributed by atoms with Gasteiger partial charge in [0.05, 0.1) is 0 Å². The van der Waals surface area contributed by atoms with E-state index in [9.17, 15) is 0 Å². The lowest BCUT2D eigenvalue weighted by molar-refractivity contribution is 0.411. The molecule has 1 saturated heterocycles. The second kappa shape index (κ2) is 5.13. The van der Waals surface area contributed by atoms with Gasteiger partial charge in [-0.3, -0.25) is 0 Å². The van der Waals surface area contributed by atoms with E-state index in [-0.39, 0.29) is 0 Å². The lowest BCUT2D eigenvalue weighted by Crippen LogP contribution is -2.39. The average molecular weight is 187 g/mol. The Bertz CT molecular complexity index is 121. The van der Waals surface area contributed by atoms with Crippen LogP contribution in [0.25, 0.3) is 0 Å². The van der Waals surface area contributed by atoms with Gasteiger partial charge >= 0.3 is 0 Å². The summed E-state index contributed by atoms with van der Waals surface area (Å²) < 4.78 is 0. The average Bonchev–Trinajstić information content (AvgIpc) is 2.17. The van der Waals surface area contributed by atoms with Crippen LogP contribution in [-0.2, 0) is 0 Å². The fraction of sp³-hybridized carbons (Fsp3) is 1.00. The Labute approximate surface area is 80.5 Å². The van der Waals surface area contributed by atoms with Crippen LogP contribution in [0.3, 0.4) is 0 Å². The van der Waals surface area contributed by atoms with Crippen molar-refractivity contribution in [3.05, 3.63) is 0 Å². The van der Waals surface area contributed by atoms with Crippen LogP contribution >= 0.6 is 11.8 Å². The first kappa shape index (κ1) is 10.4. The third-order valence-corrected chi connectivity index (χ3v) is 4.45. The molecule has 2 heteroatoms. The minimum Gasteiger partial charge on any atom is -0.326 e. The van der Waals surface area contributed by atoms with E-state index in [4.69, 9.17) is 5.73 Å². The predicted molar refractivity (Wildman–Crippen MR) is 57.5 cm³/mol. The Balaban J connectivity index is 2.33. The topological polar surface area (TPSA) is 26.0 Å². The normalized spacial score (nSPS) is 29.8. The molecule has 1 aliphatic heterocycles. The van der Waals surface area contributed by atoms with E-state index in [0.717, 1.165) is 5.25 Å². The summed E-state index contributed by atoms with van der Waals surface area (Å²) in [7, 11) is 0. The summed E-state index contributed by atoms with van der Waals surface area (Å²) in [6.07, 6.45) is 5.35. The van der Waals surface area contributed by atoms with Crippen molar-refractivity contribution in [3.63, 3.8) is 0 Å². The minimum absolute atomic E-state index is 0.431. The highest BCUT2D eigenvalue weighted by molar-refractivity contribution is 8.00. The minimum atomic E-state index is 0.431. The summed E-state index contributed by atoms with van der Waals surface area (Å²) in [5.41, 5.74) is 6.18. The number of thioether (sulfide) groups is 1. The van der Waals surface area contributed by atoms with Gasteiger partial charge in [-0.2, -0.15) is 11.8 Å². The summed E-state index contributed by atoms with van der Waals surface area (Å²) in [6, 6.07) is 0.431. The van der Waals surface area contributed by atoms with E-state index in [1.807, 2.05) is 0 Å². The van der Waals surface area contributed by atoms with E-state index >= 15 is 0 Å². The molecule has 12 heavy (non-hydrogen) atoms. The zero-order valence-electron chi connectivity index (χ0n) is 8.25. The molecule has 0 spiro atoms. The van der Waals surface area contributed by atoms with Crippen molar-refractivity contribution in [2.75, 3.05) is 5.75 Å². The summed E-state index contributed by atoms with van der Waals surface area (Å²) in [5, 5.41) is 0.744. The first-order valence-corrected chi connectivity index (χ1v) is 6.17. The van der Waals surface area contributed by atoms with Crippen LogP contribution in [0.1, 0.15) is 39.5 Å². The third kappa shape index (κ3) is 2.67. The Morgan fingerprint density at radius 3 is 2.75 bits per heavy atom. The van der Waals surface area contributed by atoms with Crippen molar-refractivity contribution in [1.29, 1.82) is 0 Å². The van der Waals surface area contributed by atoms with Crippen LogP contribution < -0.4 is 5.73 Å². The zero-order valence-corrected chi connectivity index (χ0v) is 9.07. The third-order valence-electron chi connectivity index (χ3n) is 2.95. The molecule has 1 rings (SSSR count). The quantitative estimate of drug-likeness (QED) is 0.735. The van der Waals surface area contributed by atoms with Gasteiger partial charge in [0.1, 0.15) is 0 Å². The van der Waals surface area contributed by atoms with Gasteiger partial charge in [0, 0.05) is 11.3 Å². The molecular weight excluding hydrogens is 166 g/mol. The summed E-state index contributed by atoms with van der Waals surface area (Å²) in [4.78, 5) is 0. The molecule has 0 aromatic heterocycles. The molecule has 0 radical (unpaired) electrons. The monoisotopic (exact) mass is 187 g/mol. The highest BCUT2D eigenvalue weighted by Crippen LogP contribution is 2.29. The van der Waals surface area contributed by atoms with E-state index in [1.165, 1.54) is 31.4 Å². The van der Waals surface area contributed by atoms with Gasteiger partial charge in [-0.15, -0.1) is 0 Å². The predicted octanol–water partition coefficient (Wildman–Crippen LogP) is 2.65. The van der Waals surface area contributed by atoms with E-state index in [1.54, 1.807) is 0 Å². The van der Waals surface area contributed by atoms with Crippen molar-refractivity contribution in [1.82, 2.24) is 0 Å². The van der Waals surface area contributed by atoms with Crippen molar-refractivity contribution in [3.8, 4) is 0 Å². The van der Waals surface area contributed by atoms with E-state index in [2.05, 4.69) is 25.6 Å². The molecular formula is C10H21NS. The maximum atomic E-state index is 6.18. The fourth-order valence-corrected chi connectivity index (χ4v) is 3.21. The molecule has 0 amide bonds. The van der Waals surface area contributed by atoms with Gasteiger partial charge in [-0.05, 0) is 24.5 Å². The second-order valence-corrected chi connectivity index (χ2v) is 5.21. The Morgan fingerprint density at radius 1 is 1.50 bits per heavy atom. The molecule has 0 saturated carbocycles. The number of nitrogens with two attached hydrogens (primary N) is 1. The van der Waals surface area contributed by atoms with Gasteiger partial charge in [-0.1, -0.05) is 26.7 Å². The molecule has 0 aromatic carbocycles. The van der Waals surface area contributed by atoms with Crippen molar-refractivity contribution in [2.24, 2.45) is 11.7 Å². The standard InChI is InChI=1S/C10H21NS/c1-3-8(2)10(11)9-6-4-5-7-12-9/h8-10H,3-7,11H2,1-2H3. The molecule has 3 unspecified atom stereocenters. The van der Waals surface area contributed by atoms with Crippen LogP contribution in [0.15, 0.2) is 0 Å².